The predicted octanol–water partition coefficient (Wildman–Crippen LogP) is 3.32. The lowest BCUT2D eigenvalue weighted by atomic mass is 10.1. The SMILES string of the molecule is CN(C)CCNc1nc(-c2ccccc2F)c2c(N)n(-c3ccc(F)cc3)nc2n1. The van der Waals surface area contributed by atoms with Crippen LogP contribution in [-0.2, 0) is 0 Å². The maximum atomic E-state index is 14.6. The third-order valence-electron chi connectivity index (χ3n) is 4.61. The summed E-state index contributed by atoms with van der Waals surface area (Å²) in [6.07, 6.45) is 0. The van der Waals surface area contributed by atoms with Gasteiger partial charge in [-0.25, -0.2) is 18.4 Å². The van der Waals surface area contributed by atoms with E-state index in [0.717, 1.165) is 6.54 Å². The van der Waals surface area contributed by atoms with Crippen LogP contribution in [0, 0.1) is 11.6 Å². The molecule has 30 heavy (non-hydrogen) atoms. The topological polar surface area (TPSA) is 84.9 Å². The zero-order valence-electron chi connectivity index (χ0n) is 16.6. The number of hydrogen-bond donors (Lipinski definition) is 2. The van der Waals surface area contributed by atoms with Crippen LogP contribution >= 0.6 is 0 Å². The summed E-state index contributed by atoms with van der Waals surface area (Å²) in [7, 11) is 3.92. The number of rotatable bonds is 6. The molecule has 0 saturated heterocycles. The van der Waals surface area contributed by atoms with Crippen molar-refractivity contribution in [1.82, 2.24) is 24.6 Å². The van der Waals surface area contributed by atoms with Gasteiger partial charge in [-0.15, -0.1) is 5.10 Å². The molecule has 0 bridgehead atoms. The monoisotopic (exact) mass is 409 g/mol. The molecule has 3 N–H and O–H groups in total. The summed E-state index contributed by atoms with van der Waals surface area (Å²) < 4.78 is 29.4. The summed E-state index contributed by atoms with van der Waals surface area (Å²) in [5.74, 6) is -0.222. The summed E-state index contributed by atoms with van der Waals surface area (Å²) in [5.41, 5.74) is 7.89. The summed E-state index contributed by atoms with van der Waals surface area (Å²) >= 11 is 0. The van der Waals surface area contributed by atoms with Crippen molar-refractivity contribution in [2.45, 2.75) is 0 Å². The number of hydrogen-bond acceptors (Lipinski definition) is 6. The molecule has 0 aliphatic rings. The average Bonchev–Trinajstić information content (AvgIpc) is 3.05. The summed E-state index contributed by atoms with van der Waals surface area (Å²) in [4.78, 5) is 11.0. The molecule has 0 radical (unpaired) electrons. The van der Waals surface area contributed by atoms with Crippen molar-refractivity contribution >= 4 is 22.8 Å². The fraction of sp³-hybridized carbons (Fsp3) is 0.190. The van der Waals surface area contributed by atoms with Crippen molar-refractivity contribution in [1.29, 1.82) is 0 Å². The molecule has 0 saturated carbocycles. The third kappa shape index (κ3) is 3.79. The van der Waals surface area contributed by atoms with Crippen LogP contribution < -0.4 is 11.1 Å². The Morgan fingerprint density at radius 3 is 2.47 bits per heavy atom. The van der Waals surface area contributed by atoms with E-state index in [2.05, 4.69) is 20.4 Å². The van der Waals surface area contributed by atoms with Crippen molar-refractivity contribution in [2.75, 3.05) is 38.2 Å². The molecule has 0 amide bonds. The molecule has 0 fully saturated rings. The van der Waals surface area contributed by atoms with Crippen LogP contribution in [0.2, 0.25) is 0 Å². The van der Waals surface area contributed by atoms with Gasteiger partial charge in [0.1, 0.15) is 17.5 Å². The highest BCUT2D eigenvalue weighted by atomic mass is 19.1. The van der Waals surface area contributed by atoms with E-state index in [1.165, 1.54) is 22.9 Å². The Labute approximate surface area is 172 Å². The first-order chi connectivity index (χ1) is 14.4. The van der Waals surface area contributed by atoms with Gasteiger partial charge >= 0.3 is 0 Å². The molecule has 2 aromatic heterocycles. The van der Waals surface area contributed by atoms with Crippen molar-refractivity contribution in [3.05, 3.63) is 60.2 Å². The Hall–Kier alpha value is -3.59. The van der Waals surface area contributed by atoms with Crippen LogP contribution in [0.5, 0.6) is 0 Å². The molecule has 4 aromatic rings. The number of nitrogens with one attached hydrogen (secondary N) is 1. The second-order valence-corrected chi connectivity index (χ2v) is 7.08. The molecule has 2 aromatic carbocycles. The van der Waals surface area contributed by atoms with Gasteiger partial charge in [-0.1, -0.05) is 12.1 Å². The van der Waals surface area contributed by atoms with Gasteiger partial charge in [-0.3, -0.25) is 0 Å². The number of benzene rings is 2. The lowest BCUT2D eigenvalue weighted by Crippen LogP contribution is -2.21. The number of fused-ring (bicyclic) bond motifs is 1. The van der Waals surface area contributed by atoms with Crippen molar-refractivity contribution in [2.24, 2.45) is 0 Å². The number of halogens is 2. The highest BCUT2D eigenvalue weighted by Crippen LogP contribution is 2.33. The van der Waals surface area contributed by atoms with E-state index in [1.807, 2.05) is 19.0 Å². The largest absolute Gasteiger partial charge is 0.383 e. The minimum Gasteiger partial charge on any atom is -0.383 e. The van der Waals surface area contributed by atoms with Gasteiger partial charge in [0.15, 0.2) is 5.65 Å². The fourth-order valence-electron chi connectivity index (χ4n) is 3.11. The van der Waals surface area contributed by atoms with Crippen molar-refractivity contribution in [3.63, 3.8) is 0 Å². The second kappa shape index (κ2) is 8.03. The highest BCUT2D eigenvalue weighted by molar-refractivity contribution is 5.99. The Bertz CT molecular complexity index is 1190. The maximum absolute atomic E-state index is 14.6. The highest BCUT2D eigenvalue weighted by Gasteiger charge is 2.20. The molecule has 154 valence electrons. The quantitative estimate of drug-likeness (QED) is 0.508. The van der Waals surface area contributed by atoms with Gasteiger partial charge in [0.25, 0.3) is 0 Å². The van der Waals surface area contributed by atoms with Gasteiger partial charge in [0, 0.05) is 18.7 Å². The lowest BCUT2D eigenvalue weighted by molar-refractivity contribution is 0.425. The van der Waals surface area contributed by atoms with E-state index in [9.17, 15) is 8.78 Å². The Morgan fingerprint density at radius 1 is 1.03 bits per heavy atom. The van der Waals surface area contributed by atoms with E-state index in [0.29, 0.717) is 40.5 Å². The number of nitrogens with zero attached hydrogens (tertiary/aromatic N) is 5. The molecule has 7 nitrogen and oxygen atoms in total. The third-order valence-corrected chi connectivity index (χ3v) is 4.61. The summed E-state index contributed by atoms with van der Waals surface area (Å²) in [6, 6.07) is 12.1. The number of aromatic nitrogens is 4. The fourth-order valence-corrected chi connectivity index (χ4v) is 3.11. The lowest BCUT2D eigenvalue weighted by Gasteiger charge is -2.11. The van der Waals surface area contributed by atoms with Crippen molar-refractivity contribution < 1.29 is 8.78 Å². The van der Waals surface area contributed by atoms with Gasteiger partial charge in [-0.2, -0.15) is 4.98 Å². The van der Waals surface area contributed by atoms with E-state index < -0.39 is 5.82 Å². The number of likely N-dealkylation sites (N-methyl/N-ethyl adjacent to an activating group) is 1. The zero-order chi connectivity index (χ0) is 21.3. The van der Waals surface area contributed by atoms with E-state index in [1.54, 1.807) is 30.3 Å². The van der Waals surface area contributed by atoms with E-state index in [-0.39, 0.29) is 11.6 Å². The maximum Gasteiger partial charge on any atom is 0.225 e. The molecule has 0 aliphatic heterocycles. The standard InChI is InChI=1S/C21H21F2N7/c1-29(2)12-11-25-21-26-18(15-5-3-4-6-16(15)23)17-19(24)30(28-20(17)27-21)14-9-7-13(22)8-10-14/h3-10H,11-12,24H2,1-2H3,(H,25,27,28). The molecular weight excluding hydrogens is 388 g/mol. The number of anilines is 2. The smallest absolute Gasteiger partial charge is 0.225 e. The molecule has 0 unspecified atom stereocenters. The minimum absolute atomic E-state index is 0.245. The van der Waals surface area contributed by atoms with Gasteiger partial charge in [0.05, 0.1) is 16.8 Å². The Kier molecular flexibility index (Phi) is 5.28. The summed E-state index contributed by atoms with van der Waals surface area (Å²) in [5, 5.41) is 8.06. The molecule has 4 rings (SSSR count). The van der Waals surface area contributed by atoms with E-state index >= 15 is 0 Å². The first-order valence-electron chi connectivity index (χ1n) is 9.39. The number of nitrogens with two attached hydrogens (primary N) is 1. The normalized spacial score (nSPS) is 11.4. The van der Waals surface area contributed by atoms with Crippen molar-refractivity contribution in [3.8, 4) is 16.9 Å². The molecule has 0 atom stereocenters. The van der Waals surface area contributed by atoms with E-state index in [4.69, 9.17) is 5.73 Å². The molecule has 2 heterocycles. The van der Waals surface area contributed by atoms with Crippen LogP contribution in [0.25, 0.3) is 28.0 Å². The van der Waals surface area contributed by atoms with Crippen LogP contribution in [-0.4, -0.2) is 51.8 Å². The Morgan fingerprint density at radius 2 is 1.77 bits per heavy atom. The van der Waals surface area contributed by atoms with Crippen LogP contribution in [0.4, 0.5) is 20.5 Å². The van der Waals surface area contributed by atoms with Crippen LogP contribution in [0.15, 0.2) is 48.5 Å². The molecule has 9 heteroatoms. The minimum atomic E-state index is -0.425. The second-order valence-electron chi connectivity index (χ2n) is 7.08. The van der Waals surface area contributed by atoms with Crippen LogP contribution in [0.3, 0.4) is 0 Å². The zero-order valence-corrected chi connectivity index (χ0v) is 16.6. The predicted molar refractivity (Wildman–Crippen MR) is 113 cm³/mol. The first kappa shape index (κ1) is 19.7. The molecule has 0 spiro atoms. The molecule has 0 aliphatic carbocycles. The Balaban J connectivity index is 1.89. The van der Waals surface area contributed by atoms with Gasteiger partial charge in [-0.05, 0) is 50.5 Å². The molecular formula is C21H21F2N7. The average molecular weight is 409 g/mol. The van der Waals surface area contributed by atoms with Gasteiger partial charge in [0.2, 0.25) is 5.95 Å². The van der Waals surface area contributed by atoms with Gasteiger partial charge < -0.3 is 16.0 Å². The first-order valence-corrected chi connectivity index (χ1v) is 9.39. The van der Waals surface area contributed by atoms with Crippen LogP contribution in [0.1, 0.15) is 0 Å². The number of nitrogen functional groups attached to an aromatic ring is 1. The summed E-state index contributed by atoms with van der Waals surface area (Å²) in [6.45, 7) is 1.37.